The van der Waals surface area contributed by atoms with Crippen LogP contribution >= 0.6 is 0 Å². The Kier molecular flexibility index (Phi) is 5.13. The van der Waals surface area contributed by atoms with Crippen molar-refractivity contribution in [2.45, 2.75) is 51.1 Å². The first-order valence-corrected chi connectivity index (χ1v) is 7.52. The highest BCUT2D eigenvalue weighted by Gasteiger charge is 2.35. The maximum absolute atomic E-state index is 13.1. The molecule has 2 rings (SSSR count). The average molecular weight is 279 g/mol. The Morgan fingerprint density at radius 1 is 1.10 bits per heavy atom. The van der Waals surface area contributed by atoms with Crippen LogP contribution in [0.5, 0.6) is 0 Å². The average Bonchev–Trinajstić information content (AvgIpc) is 2.71. The van der Waals surface area contributed by atoms with E-state index in [0.717, 1.165) is 18.7 Å². The molecular weight excluding hydrogens is 253 g/mol. The summed E-state index contributed by atoms with van der Waals surface area (Å²) in [5, 5.41) is 0. The second-order valence-corrected chi connectivity index (χ2v) is 6.21. The van der Waals surface area contributed by atoms with Crippen molar-refractivity contribution in [3.63, 3.8) is 0 Å². The van der Waals surface area contributed by atoms with E-state index in [9.17, 15) is 4.39 Å². The molecule has 0 saturated carbocycles. The Bertz CT molecular complexity index is 408. The molecule has 1 fully saturated rings. The number of nitrogens with one attached hydrogen (secondary N) is 1. The highest BCUT2D eigenvalue weighted by Crippen LogP contribution is 2.32. The SMILES string of the molecule is CC(C)(C(NN)c1ccc(F)cc1)N1CCCCCC1. The molecule has 4 heteroatoms. The first-order chi connectivity index (χ1) is 9.55. The molecule has 1 saturated heterocycles. The van der Waals surface area contributed by atoms with Gasteiger partial charge in [0.05, 0.1) is 6.04 Å². The fraction of sp³-hybridized carbons (Fsp3) is 0.625. The van der Waals surface area contributed by atoms with Gasteiger partial charge in [-0.3, -0.25) is 16.2 Å². The summed E-state index contributed by atoms with van der Waals surface area (Å²) >= 11 is 0. The molecule has 0 aromatic heterocycles. The third kappa shape index (κ3) is 3.37. The summed E-state index contributed by atoms with van der Waals surface area (Å²) in [7, 11) is 0. The Hall–Kier alpha value is -0.970. The Morgan fingerprint density at radius 3 is 2.15 bits per heavy atom. The number of nitrogens with two attached hydrogens (primary N) is 1. The summed E-state index contributed by atoms with van der Waals surface area (Å²) in [5.41, 5.74) is 3.86. The normalized spacial score (nSPS) is 19.6. The molecule has 0 amide bonds. The lowest BCUT2D eigenvalue weighted by atomic mass is 9.87. The van der Waals surface area contributed by atoms with Crippen LogP contribution in [0.2, 0.25) is 0 Å². The maximum Gasteiger partial charge on any atom is 0.123 e. The fourth-order valence-electron chi connectivity index (χ4n) is 3.19. The van der Waals surface area contributed by atoms with Gasteiger partial charge in [-0.25, -0.2) is 4.39 Å². The van der Waals surface area contributed by atoms with Crippen LogP contribution in [0.15, 0.2) is 24.3 Å². The van der Waals surface area contributed by atoms with Gasteiger partial charge in [-0.1, -0.05) is 25.0 Å². The Morgan fingerprint density at radius 2 is 1.65 bits per heavy atom. The first-order valence-electron chi connectivity index (χ1n) is 7.52. The van der Waals surface area contributed by atoms with Gasteiger partial charge in [0.1, 0.15) is 5.82 Å². The smallest absolute Gasteiger partial charge is 0.123 e. The molecule has 1 heterocycles. The highest BCUT2D eigenvalue weighted by molar-refractivity contribution is 5.23. The van der Waals surface area contributed by atoms with Crippen LogP contribution in [0.4, 0.5) is 4.39 Å². The molecular formula is C16H26FN3. The monoisotopic (exact) mass is 279 g/mol. The largest absolute Gasteiger partial charge is 0.296 e. The minimum absolute atomic E-state index is 0.0128. The molecule has 20 heavy (non-hydrogen) atoms. The molecule has 112 valence electrons. The quantitative estimate of drug-likeness (QED) is 0.657. The van der Waals surface area contributed by atoms with Crippen LogP contribution < -0.4 is 11.3 Å². The number of rotatable bonds is 4. The van der Waals surface area contributed by atoms with E-state index in [-0.39, 0.29) is 17.4 Å². The Balaban J connectivity index is 2.21. The van der Waals surface area contributed by atoms with Crippen LogP contribution in [-0.4, -0.2) is 23.5 Å². The zero-order chi connectivity index (χ0) is 14.6. The van der Waals surface area contributed by atoms with E-state index in [1.165, 1.54) is 37.8 Å². The van der Waals surface area contributed by atoms with E-state index in [4.69, 9.17) is 5.84 Å². The number of hydrogen-bond donors (Lipinski definition) is 2. The molecule has 1 aromatic carbocycles. The van der Waals surface area contributed by atoms with E-state index in [1.54, 1.807) is 0 Å². The minimum atomic E-state index is -0.211. The van der Waals surface area contributed by atoms with Crippen LogP contribution in [0, 0.1) is 5.82 Å². The molecule has 1 atom stereocenters. The summed E-state index contributed by atoms with van der Waals surface area (Å²) in [6, 6.07) is 6.62. The standard InChI is InChI=1S/C16H26FN3/c1-16(2,20-11-5-3-4-6-12-20)15(19-18)13-7-9-14(17)10-8-13/h7-10,15,19H,3-6,11-12,18H2,1-2H3. The van der Waals surface area contributed by atoms with Crippen molar-refractivity contribution in [3.8, 4) is 0 Å². The van der Waals surface area contributed by atoms with E-state index in [0.29, 0.717) is 0 Å². The summed E-state index contributed by atoms with van der Waals surface area (Å²) < 4.78 is 13.1. The zero-order valence-electron chi connectivity index (χ0n) is 12.5. The summed E-state index contributed by atoms with van der Waals surface area (Å²) in [5.74, 6) is 5.59. The van der Waals surface area contributed by atoms with Crippen LogP contribution in [0.25, 0.3) is 0 Å². The van der Waals surface area contributed by atoms with E-state index >= 15 is 0 Å². The summed E-state index contributed by atoms with van der Waals surface area (Å²) in [6.07, 6.45) is 5.10. The molecule has 0 bridgehead atoms. The van der Waals surface area contributed by atoms with Crippen molar-refractivity contribution in [1.29, 1.82) is 0 Å². The van der Waals surface area contributed by atoms with Crippen molar-refractivity contribution in [3.05, 3.63) is 35.6 Å². The number of nitrogens with zero attached hydrogens (tertiary/aromatic N) is 1. The lowest BCUT2D eigenvalue weighted by Crippen LogP contribution is -2.54. The second-order valence-electron chi connectivity index (χ2n) is 6.21. The van der Waals surface area contributed by atoms with Crippen LogP contribution in [-0.2, 0) is 0 Å². The van der Waals surface area contributed by atoms with Gasteiger partial charge in [0, 0.05) is 5.54 Å². The predicted octanol–water partition coefficient (Wildman–Crippen LogP) is 2.98. The molecule has 0 spiro atoms. The number of hydrogen-bond acceptors (Lipinski definition) is 3. The van der Waals surface area contributed by atoms with Gasteiger partial charge >= 0.3 is 0 Å². The molecule has 1 aliphatic rings. The molecule has 0 aliphatic carbocycles. The first kappa shape index (κ1) is 15.4. The van der Waals surface area contributed by atoms with Crippen LogP contribution in [0.3, 0.4) is 0 Å². The lowest BCUT2D eigenvalue weighted by molar-refractivity contribution is 0.0834. The fourth-order valence-corrected chi connectivity index (χ4v) is 3.19. The molecule has 3 N–H and O–H groups in total. The van der Waals surface area contributed by atoms with Gasteiger partial charge in [0.25, 0.3) is 0 Å². The van der Waals surface area contributed by atoms with E-state index in [1.807, 2.05) is 12.1 Å². The molecule has 0 radical (unpaired) electrons. The number of hydrazine groups is 1. The van der Waals surface area contributed by atoms with Gasteiger partial charge in [-0.05, 0) is 57.5 Å². The van der Waals surface area contributed by atoms with Gasteiger partial charge in [0.15, 0.2) is 0 Å². The van der Waals surface area contributed by atoms with Gasteiger partial charge in [-0.2, -0.15) is 0 Å². The number of benzene rings is 1. The van der Waals surface area contributed by atoms with Crippen molar-refractivity contribution < 1.29 is 4.39 Å². The third-order valence-corrected chi connectivity index (χ3v) is 4.50. The summed E-state index contributed by atoms with van der Waals surface area (Å²) in [4.78, 5) is 2.51. The molecule has 3 nitrogen and oxygen atoms in total. The van der Waals surface area contributed by atoms with Gasteiger partial charge in [0.2, 0.25) is 0 Å². The third-order valence-electron chi connectivity index (χ3n) is 4.50. The molecule has 1 unspecified atom stereocenters. The van der Waals surface area contributed by atoms with Crippen LogP contribution in [0.1, 0.15) is 51.1 Å². The zero-order valence-corrected chi connectivity index (χ0v) is 12.5. The summed E-state index contributed by atoms with van der Waals surface area (Å²) in [6.45, 7) is 6.64. The highest BCUT2D eigenvalue weighted by atomic mass is 19.1. The molecule has 1 aliphatic heterocycles. The lowest BCUT2D eigenvalue weighted by Gasteiger charge is -2.43. The number of halogens is 1. The van der Waals surface area contributed by atoms with E-state index in [2.05, 4.69) is 24.2 Å². The Labute approximate surface area is 121 Å². The van der Waals surface area contributed by atoms with Gasteiger partial charge in [-0.15, -0.1) is 0 Å². The van der Waals surface area contributed by atoms with Crippen molar-refractivity contribution in [2.24, 2.45) is 5.84 Å². The number of likely N-dealkylation sites (tertiary alicyclic amines) is 1. The van der Waals surface area contributed by atoms with Crippen molar-refractivity contribution in [1.82, 2.24) is 10.3 Å². The molecule has 1 aromatic rings. The maximum atomic E-state index is 13.1. The minimum Gasteiger partial charge on any atom is -0.296 e. The van der Waals surface area contributed by atoms with Gasteiger partial charge < -0.3 is 0 Å². The van der Waals surface area contributed by atoms with E-state index < -0.39 is 0 Å². The van der Waals surface area contributed by atoms with Crippen molar-refractivity contribution in [2.75, 3.05) is 13.1 Å². The topological polar surface area (TPSA) is 41.3 Å². The second kappa shape index (κ2) is 6.66. The van der Waals surface area contributed by atoms with Crippen molar-refractivity contribution >= 4 is 0 Å². The predicted molar refractivity (Wildman–Crippen MR) is 80.6 cm³/mol.